The fourth-order valence-corrected chi connectivity index (χ4v) is 3.84. The third kappa shape index (κ3) is 1.75. The average Bonchev–Trinajstić information content (AvgIpc) is 2.28. The van der Waals surface area contributed by atoms with Crippen LogP contribution in [0.1, 0.15) is 51.9 Å². The van der Waals surface area contributed by atoms with Crippen molar-refractivity contribution in [3.8, 4) is 0 Å². The molecule has 0 spiro atoms. The number of rotatable bonds is 0. The average molecular weight is 205 g/mol. The van der Waals surface area contributed by atoms with Crippen LogP contribution in [0.2, 0.25) is 0 Å². The Hall–Kier alpha value is -0.300. The van der Waals surface area contributed by atoms with E-state index in [9.17, 15) is 0 Å². The van der Waals surface area contributed by atoms with Crippen molar-refractivity contribution in [2.24, 2.45) is 5.92 Å². The Morgan fingerprint density at radius 3 is 2.87 bits per heavy atom. The molecular weight excluding hydrogens is 182 g/mol. The molecule has 1 heteroatoms. The molecule has 1 saturated heterocycles. The van der Waals surface area contributed by atoms with Crippen LogP contribution in [-0.4, -0.2) is 24.0 Å². The van der Waals surface area contributed by atoms with Crippen molar-refractivity contribution in [1.29, 1.82) is 0 Å². The predicted molar refractivity (Wildman–Crippen MR) is 63.9 cm³/mol. The molecule has 15 heavy (non-hydrogen) atoms. The molecule has 2 atom stereocenters. The molecule has 1 aliphatic carbocycles. The van der Waals surface area contributed by atoms with Gasteiger partial charge in [-0.25, -0.2) is 0 Å². The van der Waals surface area contributed by atoms with Gasteiger partial charge in [0, 0.05) is 19.1 Å². The van der Waals surface area contributed by atoms with Gasteiger partial charge in [-0.15, -0.1) is 0 Å². The molecule has 0 saturated carbocycles. The van der Waals surface area contributed by atoms with E-state index in [1.165, 1.54) is 58.0 Å². The highest BCUT2D eigenvalue weighted by atomic mass is 15.2. The molecular formula is C14H23N. The number of nitrogens with zero attached hydrogens (tertiary/aromatic N) is 1. The van der Waals surface area contributed by atoms with E-state index < -0.39 is 0 Å². The van der Waals surface area contributed by atoms with Crippen LogP contribution in [0.4, 0.5) is 0 Å². The number of hydrogen-bond acceptors (Lipinski definition) is 1. The number of piperidine rings is 1. The minimum atomic E-state index is 0.866. The molecule has 0 radical (unpaired) electrons. The lowest BCUT2D eigenvalue weighted by Gasteiger charge is -2.45. The summed E-state index contributed by atoms with van der Waals surface area (Å²) in [4.78, 5) is 2.78. The Morgan fingerprint density at radius 1 is 1.07 bits per heavy atom. The first-order valence-electron chi connectivity index (χ1n) is 6.79. The second kappa shape index (κ2) is 3.93. The lowest BCUT2D eigenvalue weighted by molar-refractivity contribution is 0.120. The maximum atomic E-state index is 2.78. The molecule has 1 nitrogen and oxygen atoms in total. The Kier molecular flexibility index (Phi) is 2.59. The first kappa shape index (κ1) is 9.89. The summed E-state index contributed by atoms with van der Waals surface area (Å²) < 4.78 is 0. The maximum Gasteiger partial charge on any atom is 0.0310 e. The highest BCUT2D eigenvalue weighted by molar-refractivity contribution is 5.26. The Labute approximate surface area is 93.5 Å². The van der Waals surface area contributed by atoms with Gasteiger partial charge in [0.15, 0.2) is 0 Å². The normalized spacial score (nSPS) is 37.4. The van der Waals surface area contributed by atoms with Gasteiger partial charge in [-0.05, 0) is 50.9 Å². The van der Waals surface area contributed by atoms with E-state index in [1.54, 1.807) is 0 Å². The summed E-state index contributed by atoms with van der Waals surface area (Å²) in [5.74, 6) is 0.937. The SMILES string of the molecule is C[C@H]1CC[C@@H]2C3=C(CCCC3)CCN2C1. The summed E-state index contributed by atoms with van der Waals surface area (Å²) in [5, 5.41) is 0. The molecule has 1 fully saturated rings. The smallest absolute Gasteiger partial charge is 0.0310 e. The molecule has 0 amide bonds. The van der Waals surface area contributed by atoms with E-state index in [4.69, 9.17) is 0 Å². The van der Waals surface area contributed by atoms with Gasteiger partial charge >= 0.3 is 0 Å². The van der Waals surface area contributed by atoms with Crippen molar-refractivity contribution >= 4 is 0 Å². The quantitative estimate of drug-likeness (QED) is 0.548. The van der Waals surface area contributed by atoms with Crippen LogP contribution < -0.4 is 0 Å². The van der Waals surface area contributed by atoms with E-state index in [0.29, 0.717) is 0 Å². The van der Waals surface area contributed by atoms with Crippen LogP contribution in [0, 0.1) is 5.92 Å². The molecule has 3 rings (SSSR count). The van der Waals surface area contributed by atoms with Crippen LogP contribution in [0.5, 0.6) is 0 Å². The lowest BCUT2D eigenvalue weighted by atomic mass is 9.78. The van der Waals surface area contributed by atoms with Crippen LogP contribution in [0.15, 0.2) is 11.1 Å². The van der Waals surface area contributed by atoms with Crippen molar-refractivity contribution in [2.45, 2.75) is 57.9 Å². The largest absolute Gasteiger partial charge is 0.296 e. The van der Waals surface area contributed by atoms with Crippen LogP contribution in [0.25, 0.3) is 0 Å². The molecule has 3 aliphatic rings. The molecule has 0 aromatic carbocycles. The van der Waals surface area contributed by atoms with Gasteiger partial charge in [0.1, 0.15) is 0 Å². The molecule has 0 aromatic heterocycles. The molecule has 0 N–H and O–H groups in total. The van der Waals surface area contributed by atoms with Crippen molar-refractivity contribution in [2.75, 3.05) is 13.1 Å². The van der Waals surface area contributed by atoms with Gasteiger partial charge < -0.3 is 0 Å². The summed E-state index contributed by atoms with van der Waals surface area (Å²) in [5.41, 5.74) is 3.73. The van der Waals surface area contributed by atoms with Gasteiger partial charge in [0.25, 0.3) is 0 Å². The second-order valence-electron chi connectivity index (χ2n) is 5.78. The second-order valence-corrected chi connectivity index (χ2v) is 5.78. The third-order valence-corrected chi connectivity index (χ3v) is 4.65. The topological polar surface area (TPSA) is 3.24 Å². The van der Waals surface area contributed by atoms with Crippen molar-refractivity contribution in [1.82, 2.24) is 4.90 Å². The Bertz CT molecular complexity index is 279. The number of hydrogen-bond donors (Lipinski definition) is 0. The fraction of sp³-hybridized carbons (Fsp3) is 0.857. The molecule has 0 unspecified atom stereocenters. The van der Waals surface area contributed by atoms with Gasteiger partial charge in [0.05, 0.1) is 0 Å². The minimum absolute atomic E-state index is 0.866. The summed E-state index contributed by atoms with van der Waals surface area (Å²) in [6.07, 6.45) is 10.1. The summed E-state index contributed by atoms with van der Waals surface area (Å²) >= 11 is 0. The van der Waals surface area contributed by atoms with Gasteiger partial charge in [-0.2, -0.15) is 0 Å². The van der Waals surface area contributed by atoms with Crippen molar-refractivity contribution in [3.63, 3.8) is 0 Å². The van der Waals surface area contributed by atoms with Gasteiger partial charge in [-0.1, -0.05) is 18.1 Å². The lowest BCUT2D eigenvalue weighted by Crippen LogP contribution is -2.47. The van der Waals surface area contributed by atoms with E-state index in [-0.39, 0.29) is 0 Å². The summed E-state index contributed by atoms with van der Waals surface area (Å²) in [7, 11) is 0. The summed E-state index contributed by atoms with van der Waals surface area (Å²) in [6, 6.07) is 0.866. The predicted octanol–water partition coefficient (Wildman–Crippen LogP) is 3.36. The van der Waals surface area contributed by atoms with Crippen LogP contribution in [0.3, 0.4) is 0 Å². The summed E-state index contributed by atoms with van der Waals surface area (Å²) in [6.45, 7) is 5.14. The fourth-order valence-electron chi connectivity index (χ4n) is 3.84. The minimum Gasteiger partial charge on any atom is -0.296 e. The molecule has 2 aliphatic heterocycles. The Morgan fingerprint density at radius 2 is 1.93 bits per heavy atom. The molecule has 2 heterocycles. The van der Waals surface area contributed by atoms with E-state index in [0.717, 1.165) is 12.0 Å². The van der Waals surface area contributed by atoms with Crippen molar-refractivity contribution in [3.05, 3.63) is 11.1 Å². The monoisotopic (exact) mass is 205 g/mol. The molecule has 0 bridgehead atoms. The van der Waals surface area contributed by atoms with E-state index in [1.807, 2.05) is 11.1 Å². The number of fused-ring (bicyclic) bond motifs is 2. The standard InChI is InChI=1S/C14H23N/c1-11-6-7-14-13-5-3-2-4-12(13)8-9-15(14)10-11/h11,14H,2-10H2,1H3/t11-,14+/m0/s1. The highest BCUT2D eigenvalue weighted by Gasteiger charge is 2.33. The van der Waals surface area contributed by atoms with Crippen LogP contribution in [-0.2, 0) is 0 Å². The first-order chi connectivity index (χ1) is 7.34. The van der Waals surface area contributed by atoms with Crippen molar-refractivity contribution < 1.29 is 0 Å². The van der Waals surface area contributed by atoms with Gasteiger partial charge in [-0.3, -0.25) is 4.90 Å². The molecule has 0 aromatic rings. The Balaban J connectivity index is 1.83. The zero-order valence-corrected chi connectivity index (χ0v) is 9.97. The molecule has 84 valence electrons. The maximum absolute atomic E-state index is 2.78. The first-order valence-corrected chi connectivity index (χ1v) is 6.79. The zero-order valence-electron chi connectivity index (χ0n) is 9.97. The van der Waals surface area contributed by atoms with E-state index >= 15 is 0 Å². The van der Waals surface area contributed by atoms with E-state index in [2.05, 4.69) is 11.8 Å². The highest BCUT2D eigenvalue weighted by Crippen LogP contribution is 2.39. The zero-order chi connectivity index (χ0) is 10.3. The van der Waals surface area contributed by atoms with Gasteiger partial charge in [0.2, 0.25) is 0 Å². The third-order valence-electron chi connectivity index (χ3n) is 4.65. The van der Waals surface area contributed by atoms with Crippen LogP contribution >= 0.6 is 0 Å².